The molecular formula is C18H17N3O7. The number of esters is 1. The van der Waals surface area contributed by atoms with E-state index in [0.717, 1.165) is 6.07 Å². The zero-order chi connectivity index (χ0) is 20.7. The zero-order valence-electron chi connectivity index (χ0n) is 15.0. The first-order valence-corrected chi connectivity index (χ1v) is 7.98. The molecule has 2 aromatic rings. The maximum Gasteiger partial charge on any atom is 0.343 e. The molecule has 0 bridgehead atoms. The maximum atomic E-state index is 12.6. The predicted octanol–water partition coefficient (Wildman–Crippen LogP) is 1.96. The first-order valence-electron chi connectivity index (χ1n) is 7.98. The number of hydrogen-bond acceptors (Lipinski definition) is 7. The monoisotopic (exact) mass is 387 g/mol. The molecule has 3 amide bonds. The topological polar surface area (TPSA) is 137 Å². The number of non-ortho nitro benzene ring substituents is 1. The van der Waals surface area contributed by atoms with Gasteiger partial charge in [-0.2, -0.15) is 0 Å². The van der Waals surface area contributed by atoms with Crippen LogP contribution >= 0.6 is 0 Å². The number of benzene rings is 2. The van der Waals surface area contributed by atoms with Crippen LogP contribution < -0.4 is 15.4 Å². The SMILES string of the molecule is CNC(=O)NC(=O)[C@H](OC(=O)c1cc([N+](=O)[O-])ccc1OC)c1ccccc1. The highest BCUT2D eigenvalue weighted by Gasteiger charge is 2.29. The van der Waals surface area contributed by atoms with Gasteiger partial charge in [0.15, 0.2) is 0 Å². The Morgan fingerprint density at radius 1 is 1.11 bits per heavy atom. The van der Waals surface area contributed by atoms with Crippen molar-refractivity contribution in [3.63, 3.8) is 0 Å². The van der Waals surface area contributed by atoms with Crippen LogP contribution in [-0.2, 0) is 9.53 Å². The molecule has 10 heteroatoms. The van der Waals surface area contributed by atoms with E-state index in [4.69, 9.17) is 9.47 Å². The largest absolute Gasteiger partial charge is 0.496 e. The van der Waals surface area contributed by atoms with Gasteiger partial charge in [0.1, 0.15) is 11.3 Å². The molecule has 0 aliphatic rings. The second kappa shape index (κ2) is 9.12. The van der Waals surface area contributed by atoms with E-state index in [-0.39, 0.29) is 17.0 Å². The number of amides is 3. The van der Waals surface area contributed by atoms with E-state index in [0.29, 0.717) is 5.56 Å². The smallest absolute Gasteiger partial charge is 0.343 e. The number of nitrogens with one attached hydrogen (secondary N) is 2. The van der Waals surface area contributed by atoms with Gasteiger partial charge >= 0.3 is 12.0 Å². The highest BCUT2D eigenvalue weighted by Crippen LogP contribution is 2.27. The van der Waals surface area contributed by atoms with E-state index < -0.39 is 28.9 Å². The molecule has 0 fully saturated rings. The van der Waals surface area contributed by atoms with Crippen molar-refractivity contribution in [3.05, 3.63) is 69.8 Å². The van der Waals surface area contributed by atoms with Gasteiger partial charge in [0, 0.05) is 24.7 Å². The molecule has 0 heterocycles. The summed E-state index contributed by atoms with van der Waals surface area (Å²) in [7, 11) is 2.60. The molecule has 28 heavy (non-hydrogen) atoms. The molecule has 2 aromatic carbocycles. The molecule has 146 valence electrons. The lowest BCUT2D eigenvalue weighted by atomic mass is 10.1. The molecule has 0 unspecified atom stereocenters. The number of rotatable bonds is 6. The molecule has 1 atom stereocenters. The average molecular weight is 387 g/mol. The Hall–Kier alpha value is -3.95. The average Bonchev–Trinajstić information content (AvgIpc) is 2.71. The number of nitro benzene ring substituents is 1. The van der Waals surface area contributed by atoms with Crippen molar-refractivity contribution in [2.75, 3.05) is 14.2 Å². The number of nitro groups is 1. The van der Waals surface area contributed by atoms with Crippen LogP contribution in [0.15, 0.2) is 48.5 Å². The van der Waals surface area contributed by atoms with Crippen LogP contribution in [0.5, 0.6) is 5.75 Å². The summed E-state index contributed by atoms with van der Waals surface area (Å²) in [6.07, 6.45) is -1.46. The predicted molar refractivity (Wildman–Crippen MR) is 96.8 cm³/mol. The summed E-state index contributed by atoms with van der Waals surface area (Å²) in [5.74, 6) is -1.88. The molecule has 2 N–H and O–H groups in total. The fourth-order valence-corrected chi connectivity index (χ4v) is 2.28. The van der Waals surface area contributed by atoms with Crippen LogP contribution in [0.4, 0.5) is 10.5 Å². The second-order valence-corrected chi connectivity index (χ2v) is 5.41. The minimum atomic E-state index is -1.46. The first kappa shape index (κ1) is 20.4. The van der Waals surface area contributed by atoms with E-state index in [2.05, 4.69) is 5.32 Å². The second-order valence-electron chi connectivity index (χ2n) is 5.41. The van der Waals surface area contributed by atoms with Crippen LogP contribution in [0.25, 0.3) is 0 Å². The van der Waals surface area contributed by atoms with Gasteiger partial charge in [-0.25, -0.2) is 9.59 Å². The molecule has 2 rings (SSSR count). The number of nitrogens with zero attached hydrogens (tertiary/aromatic N) is 1. The normalized spacial score (nSPS) is 11.1. The summed E-state index contributed by atoms with van der Waals surface area (Å²) in [6, 6.07) is 10.6. The summed E-state index contributed by atoms with van der Waals surface area (Å²) in [5.41, 5.74) is -0.272. The van der Waals surface area contributed by atoms with Gasteiger partial charge in [-0.15, -0.1) is 0 Å². The van der Waals surface area contributed by atoms with Gasteiger partial charge in [-0.1, -0.05) is 30.3 Å². The number of hydrogen-bond donors (Lipinski definition) is 2. The van der Waals surface area contributed by atoms with Crippen molar-refractivity contribution >= 4 is 23.6 Å². The summed E-state index contributed by atoms with van der Waals surface area (Å²) < 4.78 is 10.3. The van der Waals surface area contributed by atoms with E-state index in [1.807, 2.05) is 5.32 Å². The van der Waals surface area contributed by atoms with Crippen LogP contribution in [-0.4, -0.2) is 37.0 Å². The molecule has 0 saturated heterocycles. The summed E-state index contributed by atoms with van der Waals surface area (Å²) in [6.45, 7) is 0. The number of methoxy groups -OCH3 is 1. The lowest BCUT2D eigenvalue weighted by molar-refractivity contribution is -0.384. The van der Waals surface area contributed by atoms with Gasteiger partial charge in [0.25, 0.3) is 11.6 Å². The Labute approximate surface area is 159 Å². The van der Waals surface area contributed by atoms with Crippen LogP contribution in [0.2, 0.25) is 0 Å². The third-order valence-electron chi connectivity index (χ3n) is 3.64. The Morgan fingerprint density at radius 3 is 2.36 bits per heavy atom. The van der Waals surface area contributed by atoms with E-state index >= 15 is 0 Å². The van der Waals surface area contributed by atoms with Crippen molar-refractivity contribution in [2.45, 2.75) is 6.10 Å². The van der Waals surface area contributed by atoms with Gasteiger partial charge in [-0.3, -0.25) is 20.2 Å². The van der Waals surface area contributed by atoms with Gasteiger partial charge < -0.3 is 14.8 Å². The molecular weight excluding hydrogens is 370 g/mol. The fraction of sp³-hybridized carbons (Fsp3) is 0.167. The fourth-order valence-electron chi connectivity index (χ4n) is 2.28. The summed E-state index contributed by atoms with van der Waals surface area (Å²) in [4.78, 5) is 46.8. The summed E-state index contributed by atoms with van der Waals surface area (Å²) in [5, 5.41) is 15.2. The molecule has 0 radical (unpaired) electrons. The molecule has 0 aliphatic heterocycles. The van der Waals surface area contributed by atoms with E-state index in [1.165, 1.54) is 38.4 Å². The highest BCUT2D eigenvalue weighted by molar-refractivity contribution is 6.00. The van der Waals surface area contributed by atoms with E-state index in [9.17, 15) is 24.5 Å². The number of imide groups is 1. The minimum absolute atomic E-state index is 0.0362. The quantitative estimate of drug-likeness (QED) is 0.439. The van der Waals surface area contributed by atoms with Gasteiger partial charge in [0.2, 0.25) is 6.10 Å². The number of carbonyl (C=O) groups excluding carboxylic acids is 3. The van der Waals surface area contributed by atoms with Gasteiger partial charge in [0.05, 0.1) is 12.0 Å². The third-order valence-corrected chi connectivity index (χ3v) is 3.64. The molecule has 10 nitrogen and oxygen atoms in total. The molecule has 0 aromatic heterocycles. The lowest BCUT2D eigenvalue weighted by Gasteiger charge is -2.18. The Balaban J connectivity index is 2.37. The lowest BCUT2D eigenvalue weighted by Crippen LogP contribution is -2.41. The van der Waals surface area contributed by atoms with Crippen LogP contribution in [0.3, 0.4) is 0 Å². The standard InChI is InChI=1S/C18H17N3O7/c1-19-18(24)20-16(22)15(11-6-4-3-5-7-11)28-17(23)13-10-12(21(25)26)8-9-14(13)27-2/h3-10,15H,1-2H3,(H2,19,20,22,24)/t15-/m1/s1. The third kappa shape index (κ3) is 4.81. The van der Waals surface area contributed by atoms with Gasteiger partial charge in [-0.05, 0) is 6.07 Å². The van der Waals surface area contributed by atoms with Crippen LogP contribution in [0, 0.1) is 10.1 Å². The Kier molecular flexibility index (Phi) is 6.63. The zero-order valence-corrected chi connectivity index (χ0v) is 15.0. The summed E-state index contributed by atoms with van der Waals surface area (Å²) >= 11 is 0. The molecule has 0 aliphatic carbocycles. The van der Waals surface area contributed by atoms with Crippen molar-refractivity contribution in [2.24, 2.45) is 0 Å². The number of carbonyl (C=O) groups is 3. The maximum absolute atomic E-state index is 12.6. The number of urea groups is 1. The number of ether oxygens (including phenoxy) is 2. The minimum Gasteiger partial charge on any atom is -0.496 e. The highest BCUT2D eigenvalue weighted by atomic mass is 16.6. The van der Waals surface area contributed by atoms with Crippen LogP contribution in [0.1, 0.15) is 22.0 Å². The van der Waals surface area contributed by atoms with E-state index in [1.54, 1.807) is 18.2 Å². The van der Waals surface area contributed by atoms with Crippen molar-refractivity contribution in [3.8, 4) is 5.75 Å². The van der Waals surface area contributed by atoms with Crippen molar-refractivity contribution < 1.29 is 28.8 Å². The Bertz CT molecular complexity index is 899. The molecule has 0 spiro atoms. The first-order chi connectivity index (χ1) is 13.4. The molecule has 0 saturated carbocycles. The van der Waals surface area contributed by atoms with Crippen molar-refractivity contribution in [1.82, 2.24) is 10.6 Å². The Morgan fingerprint density at radius 2 is 1.79 bits per heavy atom. The van der Waals surface area contributed by atoms with Crippen molar-refractivity contribution in [1.29, 1.82) is 0 Å².